The minimum atomic E-state index is 0.0462. The van der Waals surface area contributed by atoms with Crippen molar-refractivity contribution in [1.29, 1.82) is 0 Å². The third-order valence-electron chi connectivity index (χ3n) is 4.38. The molecule has 0 unspecified atom stereocenters. The molecular weight excluding hydrogens is 384 g/mol. The summed E-state index contributed by atoms with van der Waals surface area (Å²) in [7, 11) is 1.64. The molecule has 1 amide bonds. The van der Waals surface area contributed by atoms with Crippen LogP contribution in [-0.2, 0) is 11.3 Å². The number of nitrogens with zero attached hydrogens (tertiary/aromatic N) is 3. The third-order valence-corrected chi connectivity index (χ3v) is 4.79. The van der Waals surface area contributed by atoms with Gasteiger partial charge >= 0.3 is 0 Å². The monoisotopic (exact) mass is 404 g/mol. The quantitative estimate of drug-likeness (QED) is 0.829. The van der Waals surface area contributed by atoms with Gasteiger partial charge in [0.1, 0.15) is 5.75 Å². The van der Waals surface area contributed by atoms with E-state index < -0.39 is 0 Å². The third kappa shape index (κ3) is 4.69. The number of anilines is 1. The summed E-state index contributed by atoms with van der Waals surface area (Å²) < 4.78 is 6.00. The van der Waals surface area contributed by atoms with E-state index in [-0.39, 0.29) is 11.8 Å². The van der Waals surface area contributed by atoms with E-state index >= 15 is 0 Å². The van der Waals surface area contributed by atoms with Gasteiger partial charge in [0, 0.05) is 37.9 Å². The van der Waals surface area contributed by atoms with E-state index in [1.54, 1.807) is 19.5 Å². The number of ether oxygens (including phenoxy) is 1. The van der Waals surface area contributed by atoms with Crippen molar-refractivity contribution < 1.29 is 9.53 Å². The summed E-state index contributed by atoms with van der Waals surface area (Å²) in [4.78, 5) is 23.2. The number of carbonyl (C=O) groups excluding carboxylic acids is 1. The Bertz CT molecular complexity index is 698. The number of aromatic nitrogens is 2. The number of rotatable bonds is 5. The summed E-state index contributed by atoms with van der Waals surface area (Å²) in [5.41, 5.74) is 1.06. The highest BCUT2D eigenvalue weighted by molar-refractivity contribution is 9.10. The maximum Gasteiger partial charge on any atom is 0.225 e. The Labute approximate surface area is 155 Å². The number of amides is 1. The Morgan fingerprint density at radius 2 is 1.88 bits per heavy atom. The lowest BCUT2D eigenvalue weighted by Crippen LogP contribution is -2.41. The molecule has 1 aromatic heterocycles. The summed E-state index contributed by atoms with van der Waals surface area (Å²) in [5, 5.41) is 3.03. The summed E-state index contributed by atoms with van der Waals surface area (Å²) in [6.07, 6.45) is 5.12. The van der Waals surface area contributed by atoms with Crippen LogP contribution in [0.4, 0.5) is 5.95 Å². The van der Waals surface area contributed by atoms with Crippen LogP contribution in [0.2, 0.25) is 0 Å². The average molecular weight is 405 g/mol. The van der Waals surface area contributed by atoms with Crippen molar-refractivity contribution in [3.05, 3.63) is 46.7 Å². The Kier molecular flexibility index (Phi) is 5.86. The van der Waals surface area contributed by atoms with Crippen LogP contribution in [0.3, 0.4) is 0 Å². The minimum Gasteiger partial charge on any atom is -0.497 e. The molecule has 1 saturated heterocycles. The first kappa shape index (κ1) is 17.7. The number of hydrogen-bond donors (Lipinski definition) is 1. The Hall–Kier alpha value is -2.15. The highest BCUT2D eigenvalue weighted by atomic mass is 79.9. The van der Waals surface area contributed by atoms with Crippen molar-refractivity contribution >= 4 is 27.8 Å². The van der Waals surface area contributed by atoms with Crippen LogP contribution < -0.4 is 15.0 Å². The summed E-state index contributed by atoms with van der Waals surface area (Å²) in [6.45, 7) is 2.13. The number of hydrogen-bond acceptors (Lipinski definition) is 5. The summed E-state index contributed by atoms with van der Waals surface area (Å²) in [5.74, 6) is 1.70. The highest BCUT2D eigenvalue weighted by Crippen LogP contribution is 2.21. The van der Waals surface area contributed by atoms with Gasteiger partial charge in [0.2, 0.25) is 11.9 Å². The Balaban J connectivity index is 1.47. The van der Waals surface area contributed by atoms with E-state index in [1.165, 1.54) is 0 Å². The first-order valence-corrected chi connectivity index (χ1v) is 9.08. The van der Waals surface area contributed by atoms with E-state index in [2.05, 4.69) is 36.1 Å². The maximum atomic E-state index is 12.4. The first-order chi connectivity index (χ1) is 12.2. The molecule has 0 aliphatic carbocycles. The van der Waals surface area contributed by atoms with Crippen molar-refractivity contribution in [2.45, 2.75) is 19.4 Å². The predicted molar refractivity (Wildman–Crippen MR) is 99.5 cm³/mol. The number of carbonyl (C=O) groups is 1. The van der Waals surface area contributed by atoms with Gasteiger partial charge in [-0.2, -0.15) is 0 Å². The fourth-order valence-electron chi connectivity index (χ4n) is 2.89. The summed E-state index contributed by atoms with van der Waals surface area (Å²) in [6, 6.07) is 7.73. The van der Waals surface area contributed by atoms with Crippen molar-refractivity contribution in [2.75, 3.05) is 25.1 Å². The van der Waals surface area contributed by atoms with Crippen LogP contribution in [-0.4, -0.2) is 36.1 Å². The molecule has 0 atom stereocenters. The Morgan fingerprint density at radius 3 is 2.48 bits per heavy atom. The molecule has 1 aromatic carbocycles. The number of methoxy groups -OCH3 is 1. The van der Waals surface area contributed by atoms with Gasteiger partial charge < -0.3 is 15.0 Å². The van der Waals surface area contributed by atoms with E-state index in [1.807, 2.05) is 24.3 Å². The lowest BCUT2D eigenvalue weighted by Gasteiger charge is -2.31. The topological polar surface area (TPSA) is 67.3 Å². The standard InChI is InChI=1S/C18H21BrN4O2/c1-25-16-4-2-13(3-5-16)10-20-17(24)14-6-8-23(9-7-14)18-21-11-15(19)12-22-18/h2-5,11-12,14H,6-10H2,1H3,(H,20,24). The van der Waals surface area contributed by atoms with Crippen molar-refractivity contribution in [1.82, 2.24) is 15.3 Å². The molecule has 0 saturated carbocycles. The second-order valence-corrected chi connectivity index (χ2v) is 6.94. The molecule has 25 heavy (non-hydrogen) atoms. The molecule has 2 aromatic rings. The number of piperidine rings is 1. The van der Waals surface area contributed by atoms with Crippen LogP contribution in [0.15, 0.2) is 41.1 Å². The largest absolute Gasteiger partial charge is 0.497 e. The van der Waals surface area contributed by atoms with Crippen molar-refractivity contribution in [3.63, 3.8) is 0 Å². The zero-order valence-corrected chi connectivity index (χ0v) is 15.7. The molecule has 1 N–H and O–H groups in total. The molecule has 1 fully saturated rings. The zero-order valence-electron chi connectivity index (χ0n) is 14.1. The second-order valence-electron chi connectivity index (χ2n) is 6.03. The van der Waals surface area contributed by atoms with Crippen molar-refractivity contribution in [3.8, 4) is 5.75 Å². The second kappa shape index (κ2) is 8.29. The molecule has 0 radical (unpaired) electrons. The van der Waals surface area contributed by atoms with Gasteiger partial charge in [-0.1, -0.05) is 12.1 Å². The van der Waals surface area contributed by atoms with Gasteiger partial charge in [-0.25, -0.2) is 9.97 Å². The maximum absolute atomic E-state index is 12.4. The normalized spacial score (nSPS) is 15.0. The molecule has 1 aliphatic heterocycles. The van der Waals surface area contributed by atoms with Gasteiger partial charge in [0.15, 0.2) is 0 Å². The van der Waals surface area contributed by atoms with Crippen LogP contribution in [0.1, 0.15) is 18.4 Å². The first-order valence-electron chi connectivity index (χ1n) is 8.29. The number of nitrogens with one attached hydrogen (secondary N) is 1. The van der Waals surface area contributed by atoms with Crippen molar-refractivity contribution in [2.24, 2.45) is 5.92 Å². The van der Waals surface area contributed by atoms with E-state index in [0.717, 1.165) is 47.7 Å². The molecular formula is C18H21BrN4O2. The SMILES string of the molecule is COc1ccc(CNC(=O)C2CCN(c3ncc(Br)cn3)CC2)cc1. The average Bonchev–Trinajstić information content (AvgIpc) is 2.67. The zero-order chi connectivity index (χ0) is 17.6. The number of benzene rings is 1. The lowest BCUT2D eigenvalue weighted by molar-refractivity contribution is -0.125. The molecule has 132 valence electrons. The molecule has 3 rings (SSSR count). The molecule has 6 nitrogen and oxygen atoms in total. The predicted octanol–water partition coefficient (Wildman–Crippen LogP) is 2.78. The lowest BCUT2D eigenvalue weighted by atomic mass is 9.96. The van der Waals surface area contributed by atoms with E-state index in [4.69, 9.17) is 4.74 Å². The summed E-state index contributed by atoms with van der Waals surface area (Å²) >= 11 is 3.34. The minimum absolute atomic E-state index is 0.0462. The molecule has 7 heteroatoms. The highest BCUT2D eigenvalue weighted by Gasteiger charge is 2.25. The van der Waals surface area contributed by atoms with E-state index in [0.29, 0.717) is 6.54 Å². The van der Waals surface area contributed by atoms with Crippen LogP contribution in [0, 0.1) is 5.92 Å². The van der Waals surface area contributed by atoms with Gasteiger partial charge in [0.05, 0.1) is 11.6 Å². The van der Waals surface area contributed by atoms with Crippen LogP contribution in [0.5, 0.6) is 5.75 Å². The van der Waals surface area contributed by atoms with Crippen LogP contribution in [0.25, 0.3) is 0 Å². The molecule has 2 heterocycles. The molecule has 0 spiro atoms. The molecule has 0 bridgehead atoms. The fraction of sp³-hybridized carbons (Fsp3) is 0.389. The van der Waals surface area contributed by atoms with Gasteiger partial charge in [-0.3, -0.25) is 4.79 Å². The van der Waals surface area contributed by atoms with Gasteiger partial charge in [-0.15, -0.1) is 0 Å². The Morgan fingerprint density at radius 1 is 1.24 bits per heavy atom. The molecule has 1 aliphatic rings. The van der Waals surface area contributed by atoms with Crippen LogP contribution >= 0.6 is 15.9 Å². The number of halogens is 1. The fourth-order valence-corrected chi connectivity index (χ4v) is 3.09. The van der Waals surface area contributed by atoms with E-state index in [9.17, 15) is 4.79 Å². The smallest absolute Gasteiger partial charge is 0.225 e. The van der Waals surface area contributed by atoms with Gasteiger partial charge in [-0.05, 0) is 46.5 Å². The van der Waals surface area contributed by atoms with Gasteiger partial charge in [0.25, 0.3) is 0 Å².